The molecule has 2 aliphatic rings. The largest absolute Gasteiger partial charge is 0.352 e. The number of rotatable bonds is 5. The van der Waals surface area contributed by atoms with E-state index in [2.05, 4.69) is 44.0 Å². The first-order chi connectivity index (χ1) is 15.3. The minimum Gasteiger partial charge on any atom is -0.352 e. The Balaban J connectivity index is 1.27. The van der Waals surface area contributed by atoms with Crippen LogP contribution in [0, 0.1) is 5.92 Å². The standard InChI is InChI=1S/C25H31N5O/c31-24(27-18-19-10-14-26-15-11-19)20-12-16-29(17-13-20)25-28-22-8-4-5-9-23(22)30(25)21-6-2-1-3-7-21/h4-5,8-11,14-15,20-21H,1-3,6-7,12-13,16-18H2,(H,27,31). The Hall–Kier alpha value is -2.89. The van der Waals surface area contributed by atoms with E-state index < -0.39 is 0 Å². The van der Waals surface area contributed by atoms with Gasteiger partial charge in [-0.3, -0.25) is 9.78 Å². The maximum Gasteiger partial charge on any atom is 0.223 e. The molecule has 5 rings (SSSR count). The van der Waals surface area contributed by atoms with E-state index in [1.807, 2.05) is 12.1 Å². The third-order valence-electron chi connectivity index (χ3n) is 6.88. The van der Waals surface area contributed by atoms with Gasteiger partial charge in [0.25, 0.3) is 0 Å². The van der Waals surface area contributed by atoms with E-state index in [1.165, 1.54) is 37.6 Å². The second-order valence-corrected chi connectivity index (χ2v) is 8.90. The maximum absolute atomic E-state index is 12.7. The first kappa shape index (κ1) is 20.0. The van der Waals surface area contributed by atoms with E-state index in [9.17, 15) is 4.79 Å². The zero-order valence-corrected chi connectivity index (χ0v) is 18.0. The number of imidazole rings is 1. The maximum atomic E-state index is 12.7. The number of carbonyl (C=O) groups excluding carboxylic acids is 1. The number of nitrogens with one attached hydrogen (secondary N) is 1. The summed E-state index contributed by atoms with van der Waals surface area (Å²) in [6.45, 7) is 2.33. The first-order valence-electron chi connectivity index (χ1n) is 11.7. The van der Waals surface area contributed by atoms with Crippen LogP contribution >= 0.6 is 0 Å². The van der Waals surface area contributed by atoms with E-state index in [0.717, 1.165) is 43.0 Å². The first-order valence-corrected chi connectivity index (χ1v) is 11.7. The van der Waals surface area contributed by atoms with Gasteiger partial charge in [-0.1, -0.05) is 31.4 Å². The number of amides is 1. The second-order valence-electron chi connectivity index (χ2n) is 8.90. The molecule has 1 aliphatic carbocycles. The molecule has 2 fully saturated rings. The van der Waals surface area contributed by atoms with Gasteiger partial charge in [-0.2, -0.15) is 0 Å². The van der Waals surface area contributed by atoms with Crippen molar-refractivity contribution in [3.05, 3.63) is 54.4 Å². The van der Waals surface area contributed by atoms with Crippen LogP contribution in [0.2, 0.25) is 0 Å². The van der Waals surface area contributed by atoms with Crippen molar-refractivity contribution in [2.75, 3.05) is 18.0 Å². The lowest BCUT2D eigenvalue weighted by Gasteiger charge is -2.34. The number of para-hydroxylation sites is 2. The van der Waals surface area contributed by atoms with E-state index in [-0.39, 0.29) is 11.8 Å². The molecule has 31 heavy (non-hydrogen) atoms. The molecule has 0 atom stereocenters. The molecule has 2 aromatic heterocycles. The SMILES string of the molecule is O=C(NCc1ccncc1)C1CCN(c2nc3ccccc3n2C2CCCCC2)CC1. The van der Waals surface area contributed by atoms with Crippen molar-refractivity contribution in [2.45, 2.75) is 57.5 Å². The van der Waals surface area contributed by atoms with Gasteiger partial charge in [0.05, 0.1) is 11.0 Å². The highest BCUT2D eigenvalue weighted by atomic mass is 16.1. The minimum absolute atomic E-state index is 0.0746. The van der Waals surface area contributed by atoms with Gasteiger partial charge >= 0.3 is 0 Å². The number of pyridine rings is 1. The number of aromatic nitrogens is 3. The number of carbonyl (C=O) groups is 1. The van der Waals surface area contributed by atoms with Gasteiger partial charge in [-0.05, 0) is 55.5 Å². The Morgan fingerprint density at radius 3 is 2.48 bits per heavy atom. The average Bonchev–Trinajstić information content (AvgIpc) is 3.23. The van der Waals surface area contributed by atoms with Gasteiger partial charge in [0.2, 0.25) is 11.9 Å². The summed E-state index contributed by atoms with van der Waals surface area (Å²) in [7, 11) is 0. The number of hydrogen-bond acceptors (Lipinski definition) is 4. The summed E-state index contributed by atoms with van der Waals surface area (Å²) in [4.78, 5) is 24.2. The van der Waals surface area contributed by atoms with Crippen LogP contribution in [0.3, 0.4) is 0 Å². The van der Waals surface area contributed by atoms with Crippen LogP contribution in [0.1, 0.15) is 56.6 Å². The monoisotopic (exact) mass is 417 g/mol. The van der Waals surface area contributed by atoms with Gasteiger partial charge in [-0.25, -0.2) is 4.98 Å². The molecule has 0 radical (unpaired) electrons. The number of benzene rings is 1. The summed E-state index contributed by atoms with van der Waals surface area (Å²) in [6.07, 6.45) is 11.7. The van der Waals surface area contributed by atoms with Crippen molar-refractivity contribution in [3.63, 3.8) is 0 Å². The molecule has 1 aromatic carbocycles. The molecular formula is C25H31N5O. The molecule has 0 bridgehead atoms. The van der Waals surface area contributed by atoms with Gasteiger partial charge < -0.3 is 14.8 Å². The van der Waals surface area contributed by atoms with Crippen LogP contribution in [-0.2, 0) is 11.3 Å². The third kappa shape index (κ3) is 4.29. The lowest BCUT2D eigenvalue weighted by atomic mass is 9.94. The molecular weight excluding hydrogens is 386 g/mol. The predicted molar refractivity (Wildman–Crippen MR) is 123 cm³/mol. The fraction of sp³-hybridized carbons (Fsp3) is 0.480. The molecule has 1 aliphatic heterocycles. The molecule has 3 heterocycles. The van der Waals surface area contributed by atoms with Crippen molar-refractivity contribution in [1.82, 2.24) is 19.9 Å². The summed E-state index contributed by atoms with van der Waals surface area (Å²) in [5, 5.41) is 3.10. The van der Waals surface area contributed by atoms with Crippen molar-refractivity contribution < 1.29 is 4.79 Å². The molecule has 0 unspecified atom stereocenters. The highest BCUT2D eigenvalue weighted by Crippen LogP contribution is 2.36. The van der Waals surface area contributed by atoms with Gasteiger partial charge in [0.15, 0.2) is 0 Å². The lowest BCUT2D eigenvalue weighted by Crippen LogP contribution is -2.41. The molecule has 162 valence electrons. The highest BCUT2D eigenvalue weighted by molar-refractivity contribution is 5.80. The molecule has 1 saturated carbocycles. The molecule has 0 spiro atoms. The average molecular weight is 418 g/mol. The summed E-state index contributed by atoms with van der Waals surface area (Å²) in [5.74, 6) is 1.34. The number of hydrogen-bond donors (Lipinski definition) is 1. The number of anilines is 1. The predicted octanol–water partition coefficient (Wildman–Crippen LogP) is 4.47. The summed E-state index contributed by atoms with van der Waals surface area (Å²) < 4.78 is 2.50. The number of fused-ring (bicyclic) bond motifs is 1. The number of nitrogens with zero attached hydrogens (tertiary/aromatic N) is 4. The zero-order chi connectivity index (χ0) is 21.0. The third-order valence-corrected chi connectivity index (χ3v) is 6.88. The highest BCUT2D eigenvalue weighted by Gasteiger charge is 2.29. The molecule has 1 N–H and O–H groups in total. The number of piperidine rings is 1. The summed E-state index contributed by atoms with van der Waals surface area (Å²) >= 11 is 0. The van der Waals surface area contributed by atoms with E-state index in [1.54, 1.807) is 12.4 Å². The van der Waals surface area contributed by atoms with Gasteiger partial charge in [-0.15, -0.1) is 0 Å². The summed E-state index contributed by atoms with van der Waals surface area (Å²) in [5.41, 5.74) is 3.42. The Kier molecular flexibility index (Phi) is 5.87. The quantitative estimate of drug-likeness (QED) is 0.665. The molecule has 6 heteroatoms. The van der Waals surface area contributed by atoms with Crippen LogP contribution in [-0.4, -0.2) is 33.5 Å². The van der Waals surface area contributed by atoms with E-state index in [0.29, 0.717) is 12.6 Å². The van der Waals surface area contributed by atoms with Crippen molar-refractivity contribution in [1.29, 1.82) is 0 Å². The summed E-state index contributed by atoms with van der Waals surface area (Å²) in [6, 6.07) is 12.9. The van der Waals surface area contributed by atoms with Crippen LogP contribution in [0.15, 0.2) is 48.8 Å². The van der Waals surface area contributed by atoms with Crippen LogP contribution in [0.5, 0.6) is 0 Å². The topological polar surface area (TPSA) is 63.1 Å². The smallest absolute Gasteiger partial charge is 0.223 e. The van der Waals surface area contributed by atoms with Crippen LogP contribution in [0.4, 0.5) is 5.95 Å². The van der Waals surface area contributed by atoms with Gasteiger partial charge in [0.1, 0.15) is 0 Å². The fourth-order valence-corrected chi connectivity index (χ4v) is 5.13. The van der Waals surface area contributed by atoms with Crippen LogP contribution in [0.25, 0.3) is 11.0 Å². The Morgan fingerprint density at radius 1 is 0.968 bits per heavy atom. The van der Waals surface area contributed by atoms with Crippen molar-refractivity contribution >= 4 is 22.9 Å². The van der Waals surface area contributed by atoms with E-state index >= 15 is 0 Å². The molecule has 6 nitrogen and oxygen atoms in total. The lowest BCUT2D eigenvalue weighted by molar-refractivity contribution is -0.125. The van der Waals surface area contributed by atoms with Crippen molar-refractivity contribution in [3.8, 4) is 0 Å². The minimum atomic E-state index is 0.0746. The van der Waals surface area contributed by atoms with E-state index in [4.69, 9.17) is 4.98 Å². The molecule has 1 amide bonds. The molecule has 3 aromatic rings. The Bertz CT molecular complexity index is 1020. The Morgan fingerprint density at radius 2 is 1.71 bits per heavy atom. The molecule has 1 saturated heterocycles. The second kappa shape index (κ2) is 9.08. The normalized spacial score (nSPS) is 18.4. The van der Waals surface area contributed by atoms with Crippen LogP contribution < -0.4 is 10.2 Å². The van der Waals surface area contributed by atoms with Crippen molar-refractivity contribution in [2.24, 2.45) is 5.92 Å². The van der Waals surface area contributed by atoms with Gasteiger partial charge in [0, 0.05) is 44.0 Å². The zero-order valence-electron chi connectivity index (χ0n) is 18.0. The fourth-order valence-electron chi connectivity index (χ4n) is 5.13. The Labute approximate surface area is 183 Å².